The maximum absolute atomic E-state index is 11.8. The van der Waals surface area contributed by atoms with Gasteiger partial charge in [-0.2, -0.15) is 13.2 Å². The van der Waals surface area contributed by atoms with E-state index in [9.17, 15) is 18.0 Å². The van der Waals surface area contributed by atoms with E-state index >= 15 is 0 Å². The summed E-state index contributed by atoms with van der Waals surface area (Å²) in [7, 11) is 0. The zero-order valence-electron chi connectivity index (χ0n) is 8.42. The van der Waals surface area contributed by atoms with Crippen LogP contribution in [0.25, 0.3) is 0 Å². The molecular formula is C10H11F3N2O. The van der Waals surface area contributed by atoms with Crippen LogP contribution < -0.4 is 5.32 Å². The number of alkyl halides is 3. The molecule has 1 amide bonds. The topological polar surface area (TPSA) is 42.0 Å². The Balaban J connectivity index is 2.24. The summed E-state index contributed by atoms with van der Waals surface area (Å²) in [6, 6.07) is 5.27. The van der Waals surface area contributed by atoms with Crippen LogP contribution >= 0.6 is 0 Å². The molecule has 0 spiro atoms. The lowest BCUT2D eigenvalue weighted by molar-refractivity contribution is -0.153. The van der Waals surface area contributed by atoms with Gasteiger partial charge in [-0.1, -0.05) is 6.07 Å². The van der Waals surface area contributed by atoms with E-state index < -0.39 is 18.5 Å². The zero-order chi connectivity index (χ0) is 12.0. The summed E-state index contributed by atoms with van der Waals surface area (Å²) in [6.45, 7) is 0.159. The maximum atomic E-state index is 11.8. The van der Waals surface area contributed by atoms with E-state index in [1.165, 1.54) is 0 Å². The summed E-state index contributed by atoms with van der Waals surface area (Å²) in [5.41, 5.74) is 0.731. The SMILES string of the molecule is O=C(CC(F)(F)F)NCCc1ccccn1. The van der Waals surface area contributed by atoms with Crippen LogP contribution in [-0.2, 0) is 11.2 Å². The fraction of sp³-hybridized carbons (Fsp3) is 0.400. The number of nitrogens with zero attached hydrogens (tertiary/aromatic N) is 1. The van der Waals surface area contributed by atoms with Gasteiger partial charge in [0.15, 0.2) is 0 Å². The fourth-order valence-corrected chi connectivity index (χ4v) is 1.12. The third-order valence-corrected chi connectivity index (χ3v) is 1.79. The molecule has 0 saturated heterocycles. The standard InChI is InChI=1S/C10H11F3N2O/c11-10(12,13)7-9(16)15-6-4-8-3-1-2-5-14-8/h1-3,5H,4,6-7H2,(H,15,16). The second-order valence-corrected chi connectivity index (χ2v) is 3.21. The average molecular weight is 232 g/mol. The number of carbonyl (C=O) groups is 1. The quantitative estimate of drug-likeness (QED) is 0.858. The number of aromatic nitrogens is 1. The van der Waals surface area contributed by atoms with Gasteiger partial charge in [0, 0.05) is 24.9 Å². The van der Waals surface area contributed by atoms with Crippen LogP contribution in [0.5, 0.6) is 0 Å². The maximum Gasteiger partial charge on any atom is 0.397 e. The second kappa shape index (κ2) is 5.48. The minimum atomic E-state index is -4.45. The minimum absolute atomic E-state index is 0.159. The third-order valence-electron chi connectivity index (χ3n) is 1.79. The Morgan fingerprint density at radius 2 is 2.12 bits per heavy atom. The van der Waals surface area contributed by atoms with Crippen molar-refractivity contribution in [2.45, 2.75) is 19.0 Å². The van der Waals surface area contributed by atoms with Crippen molar-refractivity contribution in [1.82, 2.24) is 10.3 Å². The largest absolute Gasteiger partial charge is 0.397 e. The van der Waals surface area contributed by atoms with Crippen LogP contribution in [0.15, 0.2) is 24.4 Å². The van der Waals surface area contributed by atoms with Crippen molar-refractivity contribution in [3.8, 4) is 0 Å². The molecule has 1 rings (SSSR count). The van der Waals surface area contributed by atoms with Crippen molar-refractivity contribution in [1.29, 1.82) is 0 Å². The molecule has 0 aromatic carbocycles. The van der Waals surface area contributed by atoms with Crippen molar-refractivity contribution in [2.75, 3.05) is 6.54 Å². The first-order valence-corrected chi connectivity index (χ1v) is 4.71. The minimum Gasteiger partial charge on any atom is -0.355 e. The summed E-state index contributed by atoms with van der Waals surface area (Å²) in [6.07, 6.45) is -3.87. The van der Waals surface area contributed by atoms with Gasteiger partial charge in [0.25, 0.3) is 0 Å². The number of amides is 1. The van der Waals surface area contributed by atoms with Crippen molar-refractivity contribution >= 4 is 5.91 Å². The molecule has 0 fully saturated rings. The van der Waals surface area contributed by atoms with Crippen molar-refractivity contribution < 1.29 is 18.0 Å². The first-order chi connectivity index (χ1) is 7.47. The highest BCUT2D eigenvalue weighted by Gasteiger charge is 2.30. The number of halogens is 3. The van der Waals surface area contributed by atoms with Crippen LogP contribution in [0.4, 0.5) is 13.2 Å². The van der Waals surface area contributed by atoms with Crippen molar-refractivity contribution in [3.63, 3.8) is 0 Å². The number of nitrogens with one attached hydrogen (secondary N) is 1. The molecule has 0 radical (unpaired) electrons. The van der Waals surface area contributed by atoms with E-state index in [1.54, 1.807) is 24.4 Å². The molecule has 16 heavy (non-hydrogen) atoms. The van der Waals surface area contributed by atoms with Gasteiger partial charge in [-0.15, -0.1) is 0 Å². The molecule has 6 heteroatoms. The first kappa shape index (κ1) is 12.5. The van der Waals surface area contributed by atoms with Crippen molar-refractivity contribution in [2.24, 2.45) is 0 Å². The molecule has 1 aromatic rings. The van der Waals surface area contributed by atoms with Crippen LogP contribution in [0.3, 0.4) is 0 Å². The summed E-state index contributed by atoms with van der Waals surface area (Å²) < 4.78 is 35.3. The summed E-state index contributed by atoms with van der Waals surface area (Å²) in [5.74, 6) is -1.01. The Labute approximate surface area is 90.7 Å². The lowest BCUT2D eigenvalue weighted by Crippen LogP contribution is -2.30. The van der Waals surface area contributed by atoms with Crippen LogP contribution in [-0.4, -0.2) is 23.6 Å². The normalized spacial score (nSPS) is 11.2. The molecule has 0 aliphatic heterocycles. The van der Waals surface area contributed by atoms with E-state index in [0.29, 0.717) is 6.42 Å². The van der Waals surface area contributed by atoms with Gasteiger partial charge in [-0.3, -0.25) is 9.78 Å². The Morgan fingerprint density at radius 3 is 2.69 bits per heavy atom. The Bertz CT molecular complexity index is 338. The highest BCUT2D eigenvalue weighted by Crippen LogP contribution is 2.18. The van der Waals surface area contributed by atoms with Gasteiger partial charge < -0.3 is 5.32 Å². The Morgan fingerprint density at radius 1 is 1.38 bits per heavy atom. The van der Waals surface area contributed by atoms with E-state index in [0.717, 1.165) is 5.69 Å². The lowest BCUT2D eigenvalue weighted by Gasteiger charge is -2.07. The summed E-state index contributed by atoms with van der Waals surface area (Å²) >= 11 is 0. The molecule has 1 N–H and O–H groups in total. The fourth-order valence-electron chi connectivity index (χ4n) is 1.12. The van der Waals surface area contributed by atoms with Crippen LogP contribution in [0.2, 0.25) is 0 Å². The number of hydrogen-bond donors (Lipinski definition) is 1. The molecule has 0 unspecified atom stereocenters. The lowest BCUT2D eigenvalue weighted by atomic mass is 10.2. The van der Waals surface area contributed by atoms with Gasteiger partial charge in [-0.05, 0) is 12.1 Å². The predicted molar refractivity (Wildman–Crippen MR) is 51.6 cm³/mol. The molecule has 1 aromatic heterocycles. The highest BCUT2D eigenvalue weighted by atomic mass is 19.4. The van der Waals surface area contributed by atoms with Gasteiger partial charge in [-0.25, -0.2) is 0 Å². The summed E-state index contributed by atoms with van der Waals surface area (Å²) in [5, 5.41) is 2.19. The molecule has 0 aliphatic rings. The molecule has 0 bridgehead atoms. The van der Waals surface area contributed by atoms with E-state index in [4.69, 9.17) is 0 Å². The number of pyridine rings is 1. The van der Waals surface area contributed by atoms with Crippen LogP contribution in [0.1, 0.15) is 12.1 Å². The number of carbonyl (C=O) groups excluding carboxylic acids is 1. The molecule has 3 nitrogen and oxygen atoms in total. The Hall–Kier alpha value is -1.59. The molecule has 0 atom stereocenters. The van der Waals surface area contributed by atoms with E-state index in [2.05, 4.69) is 10.3 Å². The first-order valence-electron chi connectivity index (χ1n) is 4.71. The molecule has 0 aliphatic carbocycles. The number of hydrogen-bond acceptors (Lipinski definition) is 2. The smallest absolute Gasteiger partial charge is 0.355 e. The monoisotopic (exact) mass is 232 g/mol. The van der Waals surface area contributed by atoms with Gasteiger partial charge in [0.2, 0.25) is 5.91 Å². The highest BCUT2D eigenvalue weighted by molar-refractivity contribution is 5.76. The predicted octanol–water partition coefficient (Wildman–Crippen LogP) is 1.69. The van der Waals surface area contributed by atoms with Crippen molar-refractivity contribution in [3.05, 3.63) is 30.1 Å². The molecule has 0 saturated carbocycles. The van der Waals surface area contributed by atoms with Gasteiger partial charge >= 0.3 is 6.18 Å². The molecular weight excluding hydrogens is 221 g/mol. The second-order valence-electron chi connectivity index (χ2n) is 3.21. The zero-order valence-corrected chi connectivity index (χ0v) is 8.42. The third kappa shape index (κ3) is 5.33. The average Bonchev–Trinajstić information content (AvgIpc) is 2.16. The van der Waals surface area contributed by atoms with Gasteiger partial charge in [0.1, 0.15) is 6.42 Å². The Kier molecular flexibility index (Phi) is 4.28. The van der Waals surface area contributed by atoms with E-state index in [1.807, 2.05) is 0 Å². The molecule has 1 heterocycles. The number of rotatable bonds is 4. The molecule has 88 valence electrons. The summed E-state index contributed by atoms with van der Waals surface area (Å²) in [4.78, 5) is 14.8. The van der Waals surface area contributed by atoms with Gasteiger partial charge in [0.05, 0.1) is 0 Å². The van der Waals surface area contributed by atoms with Crippen LogP contribution in [0, 0.1) is 0 Å². The van der Waals surface area contributed by atoms with E-state index in [-0.39, 0.29) is 6.54 Å².